The Hall–Kier alpha value is 0.0800. The van der Waals surface area contributed by atoms with E-state index in [1.54, 1.807) is 0 Å². The van der Waals surface area contributed by atoms with Gasteiger partial charge in [-0.15, -0.1) is 11.3 Å². The highest BCUT2D eigenvalue weighted by Crippen LogP contribution is 2.36. The van der Waals surface area contributed by atoms with Crippen LogP contribution in [0.25, 0.3) is 0 Å². The van der Waals surface area contributed by atoms with Crippen LogP contribution in [-0.4, -0.2) is 30.8 Å². The van der Waals surface area contributed by atoms with E-state index < -0.39 is 10.0 Å². The largest absolute Gasteiger partial charge is 0.393 e. The Bertz CT molecular complexity index is 592. The molecule has 0 atom stereocenters. The van der Waals surface area contributed by atoms with Crippen molar-refractivity contribution in [3.8, 4) is 0 Å². The molecule has 1 aliphatic rings. The Kier molecular flexibility index (Phi) is 4.75. The number of thiophene rings is 1. The van der Waals surface area contributed by atoms with Crippen molar-refractivity contribution in [3.63, 3.8) is 0 Å². The molecule has 106 valence electrons. The van der Waals surface area contributed by atoms with Crippen LogP contribution in [0.15, 0.2) is 11.0 Å². The van der Waals surface area contributed by atoms with Crippen LogP contribution in [0.5, 0.6) is 0 Å². The number of piperidine rings is 1. The van der Waals surface area contributed by atoms with Crippen molar-refractivity contribution in [1.29, 1.82) is 0 Å². The first kappa shape index (κ1) is 15.5. The molecule has 0 unspecified atom stereocenters. The Morgan fingerprint density at radius 2 is 2.00 bits per heavy atom. The van der Waals surface area contributed by atoms with Crippen molar-refractivity contribution in [1.82, 2.24) is 4.31 Å². The molecular weight excluding hydrogens is 347 g/mol. The first-order valence-electron chi connectivity index (χ1n) is 5.56. The van der Waals surface area contributed by atoms with Gasteiger partial charge in [-0.25, -0.2) is 8.42 Å². The molecule has 0 aromatic carbocycles. The Morgan fingerprint density at radius 1 is 1.42 bits per heavy atom. The molecule has 1 fully saturated rings. The molecule has 19 heavy (non-hydrogen) atoms. The van der Waals surface area contributed by atoms with E-state index in [0.29, 0.717) is 35.3 Å². The summed E-state index contributed by atoms with van der Waals surface area (Å²) in [6.07, 6.45) is 1.29. The molecule has 4 nitrogen and oxygen atoms in total. The average molecular weight is 359 g/mol. The predicted molar refractivity (Wildman–Crippen MR) is 82.6 cm³/mol. The van der Waals surface area contributed by atoms with E-state index in [2.05, 4.69) is 0 Å². The van der Waals surface area contributed by atoms with Crippen molar-refractivity contribution >= 4 is 61.8 Å². The quantitative estimate of drug-likeness (QED) is 0.843. The van der Waals surface area contributed by atoms with Gasteiger partial charge in [-0.3, -0.25) is 0 Å². The van der Waals surface area contributed by atoms with E-state index in [-0.39, 0.29) is 15.1 Å². The van der Waals surface area contributed by atoms with Gasteiger partial charge in [0, 0.05) is 19.0 Å². The average Bonchev–Trinajstić information content (AvgIpc) is 2.69. The summed E-state index contributed by atoms with van der Waals surface area (Å²) in [5.74, 6) is 0.114. The summed E-state index contributed by atoms with van der Waals surface area (Å²) in [6.45, 7) is 0.794. The van der Waals surface area contributed by atoms with Crippen LogP contribution in [0.1, 0.15) is 12.8 Å². The second-order valence-electron chi connectivity index (χ2n) is 4.27. The predicted octanol–water partition coefficient (Wildman–Crippen LogP) is 2.74. The third kappa shape index (κ3) is 3.22. The van der Waals surface area contributed by atoms with Gasteiger partial charge in [0.15, 0.2) is 0 Å². The van der Waals surface area contributed by atoms with Crippen LogP contribution < -0.4 is 5.73 Å². The van der Waals surface area contributed by atoms with Crippen LogP contribution in [0.2, 0.25) is 8.67 Å². The smallest absolute Gasteiger partial charge is 0.245 e. The van der Waals surface area contributed by atoms with Gasteiger partial charge in [-0.1, -0.05) is 35.4 Å². The minimum Gasteiger partial charge on any atom is -0.393 e. The zero-order valence-corrected chi connectivity index (χ0v) is 13.8. The fourth-order valence-corrected chi connectivity index (χ4v) is 5.84. The van der Waals surface area contributed by atoms with Crippen LogP contribution >= 0.6 is 46.8 Å². The van der Waals surface area contributed by atoms with Crippen molar-refractivity contribution in [3.05, 3.63) is 14.7 Å². The summed E-state index contributed by atoms with van der Waals surface area (Å²) < 4.78 is 26.8. The monoisotopic (exact) mass is 358 g/mol. The van der Waals surface area contributed by atoms with E-state index in [0.717, 1.165) is 11.3 Å². The molecule has 0 spiro atoms. The molecule has 9 heteroatoms. The zero-order valence-electron chi connectivity index (χ0n) is 9.80. The van der Waals surface area contributed by atoms with E-state index in [9.17, 15) is 8.42 Å². The Morgan fingerprint density at radius 3 is 2.42 bits per heavy atom. The number of nitrogens with zero attached hydrogens (tertiary/aromatic N) is 1. The lowest BCUT2D eigenvalue weighted by Gasteiger charge is -2.30. The number of hydrogen-bond acceptors (Lipinski definition) is 4. The maximum atomic E-state index is 12.4. The lowest BCUT2D eigenvalue weighted by molar-refractivity contribution is 0.317. The third-order valence-electron chi connectivity index (χ3n) is 3.10. The highest BCUT2D eigenvalue weighted by atomic mass is 35.5. The van der Waals surface area contributed by atoms with E-state index in [1.165, 1.54) is 10.4 Å². The molecule has 1 saturated heterocycles. The first-order valence-corrected chi connectivity index (χ1v) is 8.98. The van der Waals surface area contributed by atoms with Gasteiger partial charge in [-0.05, 0) is 18.9 Å². The van der Waals surface area contributed by atoms with E-state index in [4.69, 9.17) is 41.2 Å². The summed E-state index contributed by atoms with van der Waals surface area (Å²) in [5, 5.41) is 0. The van der Waals surface area contributed by atoms with Gasteiger partial charge < -0.3 is 5.73 Å². The summed E-state index contributed by atoms with van der Waals surface area (Å²) >= 11 is 17.7. The zero-order chi connectivity index (χ0) is 14.2. The summed E-state index contributed by atoms with van der Waals surface area (Å²) in [7, 11) is -3.58. The molecule has 1 aromatic rings. The highest BCUT2D eigenvalue weighted by Gasteiger charge is 2.32. The minimum atomic E-state index is -3.58. The number of nitrogens with two attached hydrogens (primary N) is 1. The molecule has 1 aromatic heterocycles. The summed E-state index contributed by atoms with van der Waals surface area (Å²) in [6, 6.07) is 1.39. The van der Waals surface area contributed by atoms with Crippen LogP contribution in [0.3, 0.4) is 0 Å². The highest BCUT2D eigenvalue weighted by molar-refractivity contribution is 7.89. The molecule has 2 heterocycles. The summed E-state index contributed by atoms with van der Waals surface area (Å²) in [4.78, 5) is 0.534. The second-order valence-corrected chi connectivity index (χ2v) is 8.93. The maximum Gasteiger partial charge on any atom is 0.245 e. The van der Waals surface area contributed by atoms with E-state index in [1.807, 2.05) is 0 Å². The normalized spacial score (nSPS) is 18.6. The van der Waals surface area contributed by atoms with Crippen LogP contribution in [0, 0.1) is 5.92 Å². The van der Waals surface area contributed by atoms with Gasteiger partial charge in [0.2, 0.25) is 10.0 Å². The lowest BCUT2D eigenvalue weighted by Crippen LogP contribution is -2.41. The van der Waals surface area contributed by atoms with Gasteiger partial charge in [0.25, 0.3) is 0 Å². The van der Waals surface area contributed by atoms with Crippen molar-refractivity contribution in [2.24, 2.45) is 11.7 Å². The maximum absolute atomic E-state index is 12.4. The molecular formula is C10H12Cl2N2O2S3. The number of thiocarbonyl (C=S) groups is 1. The van der Waals surface area contributed by atoms with Crippen molar-refractivity contribution < 1.29 is 8.42 Å². The topological polar surface area (TPSA) is 63.4 Å². The summed E-state index contributed by atoms with van der Waals surface area (Å²) in [5.41, 5.74) is 5.59. The fourth-order valence-electron chi connectivity index (χ4n) is 2.02. The molecule has 0 radical (unpaired) electrons. The van der Waals surface area contributed by atoms with Crippen LogP contribution in [-0.2, 0) is 10.0 Å². The van der Waals surface area contributed by atoms with Gasteiger partial charge in [0.1, 0.15) is 9.23 Å². The Balaban J connectivity index is 2.19. The van der Waals surface area contributed by atoms with Gasteiger partial charge >= 0.3 is 0 Å². The number of rotatable bonds is 3. The molecule has 0 aliphatic carbocycles. The number of halogens is 2. The first-order chi connectivity index (χ1) is 8.82. The molecule has 2 rings (SSSR count). The van der Waals surface area contributed by atoms with Gasteiger partial charge in [-0.2, -0.15) is 4.31 Å². The molecule has 0 amide bonds. The minimum absolute atomic E-state index is 0.0814. The molecule has 1 aliphatic heterocycles. The lowest BCUT2D eigenvalue weighted by atomic mass is 9.98. The van der Waals surface area contributed by atoms with Crippen LogP contribution in [0.4, 0.5) is 0 Å². The van der Waals surface area contributed by atoms with Gasteiger partial charge in [0.05, 0.1) is 9.32 Å². The standard InChI is InChI=1S/C10H12Cl2N2O2S3/c11-8-5-7(9(12)18-8)19(15,16)14-3-1-6(2-4-14)10(13)17/h5-6H,1-4H2,(H2,13,17). The SMILES string of the molecule is NC(=S)C1CCN(S(=O)(=O)c2cc(Cl)sc2Cl)CC1. The van der Waals surface area contributed by atoms with Crippen molar-refractivity contribution in [2.75, 3.05) is 13.1 Å². The van der Waals surface area contributed by atoms with Crippen molar-refractivity contribution in [2.45, 2.75) is 17.7 Å². The second kappa shape index (κ2) is 5.83. The fraction of sp³-hybridized carbons (Fsp3) is 0.500. The third-order valence-corrected chi connectivity index (χ3v) is 7.08. The molecule has 0 saturated carbocycles. The van der Waals surface area contributed by atoms with E-state index >= 15 is 0 Å². The number of sulfonamides is 1. The Labute approximate surface area is 131 Å². The number of hydrogen-bond donors (Lipinski definition) is 1. The molecule has 0 bridgehead atoms. The molecule has 2 N–H and O–H groups in total.